The molecule has 2 N–H and O–H groups in total. The summed E-state index contributed by atoms with van der Waals surface area (Å²) in [5.74, 6) is 1.76. The number of hydrogen-bond acceptors (Lipinski definition) is 2. The maximum Gasteiger partial charge on any atom is 0.318 e. The molecule has 1 aliphatic carbocycles. The second kappa shape index (κ2) is 6.90. The van der Waals surface area contributed by atoms with Crippen LogP contribution in [-0.4, -0.2) is 41.6 Å². The number of rotatable bonds is 7. The van der Waals surface area contributed by atoms with Gasteiger partial charge in [-0.3, -0.25) is 4.79 Å². The molecule has 1 atom stereocenters. The van der Waals surface area contributed by atoms with E-state index in [0.29, 0.717) is 32.0 Å². The fraction of sp³-hybridized carbons (Fsp3) is 0.692. The lowest BCUT2D eigenvalue weighted by atomic mass is 10.1. The highest BCUT2D eigenvalue weighted by atomic mass is 16.4. The highest BCUT2D eigenvalue weighted by molar-refractivity contribution is 5.74. The summed E-state index contributed by atoms with van der Waals surface area (Å²) in [7, 11) is 0. The molecular formula is C13H20N2O3. The van der Waals surface area contributed by atoms with Crippen molar-refractivity contribution in [2.75, 3.05) is 19.6 Å². The van der Waals surface area contributed by atoms with E-state index in [2.05, 4.69) is 11.2 Å². The molecule has 0 radical (unpaired) electrons. The summed E-state index contributed by atoms with van der Waals surface area (Å²) in [5, 5.41) is 11.4. The summed E-state index contributed by atoms with van der Waals surface area (Å²) in [6.45, 7) is 2.98. The number of hydrogen-bond donors (Lipinski definition) is 2. The number of carbonyl (C=O) groups is 2. The van der Waals surface area contributed by atoms with Gasteiger partial charge in [0, 0.05) is 13.1 Å². The number of nitrogens with one attached hydrogen (secondary N) is 1. The lowest BCUT2D eigenvalue weighted by Crippen LogP contribution is -2.42. The van der Waals surface area contributed by atoms with E-state index >= 15 is 0 Å². The first-order valence-electron chi connectivity index (χ1n) is 6.23. The average molecular weight is 252 g/mol. The van der Waals surface area contributed by atoms with Crippen molar-refractivity contribution in [1.82, 2.24) is 10.2 Å². The van der Waals surface area contributed by atoms with Gasteiger partial charge in [-0.25, -0.2) is 4.79 Å². The minimum atomic E-state index is -0.845. The van der Waals surface area contributed by atoms with Crippen molar-refractivity contribution in [2.45, 2.75) is 26.2 Å². The Balaban J connectivity index is 2.27. The number of terminal acetylenes is 1. The first-order valence-corrected chi connectivity index (χ1v) is 6.23. The number of nitrogens with zero attached hydrogens (tertiary/aromatic N) is 1. The standard InChI is InChI=1S/C13H20N2O3/c1-3-8-15(9-11-4-5-11)13(18)14-7-6-10(2)12(16)17/h1,10-11H,4-9H2,2H3,(H,14,18)(H,16,17). The normalized spacial score (nSPS) is 15.6. The number of amides is 2. The number of carboxylic acid groups (broad SMARTS) is 1. The molecule has 5 heteroatoms. The summed E-state index contributed by atoms with van der Waals surface area (Å²) in [6.07, 6.45) is 7.97. The fourth-order valence-electron chi connectivity index (χ4n) is 1.57. The Kier molecular flexibility index (Phi) is 5.50. The van der Waals surface area contributed by atoms with Crippen LogP contribution < -0.4 is 5.32 Å². The van der Waals surface area contributed by atoms with Gasteiger partial charge < -0.3 is 15.3 Å². The van der Waals surface area contributed by atoms with Crippen molar-refractivity contribution in [3.05, 3.63) is 0 Å². The summed E-state index contributed by atoms with van der Waals surface area (Å²) in [5.41, 5.74) is 0. The topological polar surface area (TPSA) is 69.6 Å². The third-order valence-corrected chi connectivity index (χ3v) is 3.02. The van der Waals surface area contributed by atoms with Crippen LogP contribution in [0.15, 0.2) is 0 Å². The molecule has 18 heavy (non-hydrogen) atoms. The van der Waals surface area contributed by atoms with Crippen LogP contribution in [0.4, 0.5) is 4.79 Å². The first kappa shape index (κ1) is 14.4. The van der Waals surface area contributed by atoms with E-state index in [1.807, 2.05) is 0 Å². The summed E-state index contributed by atoms with van der Waals surface area (Å²) >= 11 is 0. The minimum Gasteiger partial charge on any atom is -0.481 e. The molecule has 1 rings (SSSR count). The van der Waals surface area contributed by atoms with Crippen molar-refractivity contribution in [3.8, 4) is 12.3 Å². The lowest BCUT2D eigenvalue weighted by Gasteiger charge is -2.20. The summed E-state index contributed by atoms with van der Waals surface area (Å²) in [4.78, 5) is 24.0. The zero-order valence-corrected chi connectivity index (χ0v) is 10.7. The van der Waals surface area contributed by atoms with E-state index in [4.69, 9.17) is 11.5 Å². The molecule has 1 fully saturated rings. The summed E-state index contributed by atoms with van der Waals surface area (Å²) in [6, 6.07) is -0.197. The highest BCUT2D eigenvalue weighted by Gasteiger charge is 2.26. The maximum absolute atomic E-state index is 11.8. The fourth-order valence-corrected chi connectivity index (χ4v) is 1.57. The second-order valence-corrected chi connectivity index (χ2v) is 4.79. The highest BCUT2D eigenvalue weighted by Crippen LogP contribution is 2.29. The number of aliphatic carboxylic acids is 1. The van der Waals surface area contributed by atoms with Gasteiger partial charge in [0.15, 0.2) is 0 Å². The van der Waals surface area contributed by atoms with Gasteiger partial charge in [-0.2, -0.15) is 0 Å². The van der Waals surface area contributed by atoms with Crippen LogP contribution in [0.25, 0.3) is 0 Å². The van der Waals surface area contributed by atoms with Crippen molar-refractivity contribution in [3.63, 3.8) is 0 Å². The quantitative estimate of drug-likeness (QED) is 0.668. The van der Waals surface area contributed by atoms with E-state index < -0.39 is 11.9 Å². The number of carbonyl (C=O) groups excluding carboxylic acids is 1. The van der Waals surface area contributed by atoms with Crippen LogP contribution >= 0.6 is 0 Å². The monoisotopic (exact) mass is 252 g/mol. The van der Waals surface area contributed by atoms with Gasteiger partial charge in [-0.1, -0.05) is 12.8 Å². The third kappa shape index (κ3) is 5.09. The van der Waals surface area contributed by atoms with Crippen LogP contribution in [0.5, 0.6) is 0 Å². The molecular weight excluding hydrogens is 232 g/mol. The Bertz CT molecular complexity index is 345. The molecule has 1 unspecified atom stereocenters. The molecule has 100 valence electrons. The van der Waals surface area contributed by atoms with Gasteiger partial charge in [0.1, 0.15) is 0 Å². The Hall–Kier alpha value is -1.70. The molecule has 5 nitrogen and oxygen atoms in total. The van der Waals surface area contributed by atoms with E-state index in [9.17, 15) is 9.59 Å². The molecule has 0 aromatic rings. The maximum atomic E-state index is 11.8. The molecule has 0 saturated heterocycles. The molecule has 0 heterocycles. The second-order valence-electron chi connectivity index (χ2n) is 4.79. The SMILES string of the molecule is C#CCN(CC1CC1)C(=O)NCCC(C)C(=O)O. The van der Waals surface area contributed by atoms with Crippen LogP contribution in [0.1, 0.15) is 26.2 Å². The van der Waals surface area contributed by atoms with Gasteiger partial charge >= 0.3 is 12.0 Å². The smallest absolute Gasteiger partial charge is 0.318 e. The molecule has 0 aliphatic heterocycles. The predicted octanol–water partition coefficient (Wildman–Crippen LogP) is 1.15. The molecule has 0 aromatic carbocycles. The molecule has 1 aliphatic rings. The van der Waals surface area contributed by atoms with Crippen LogP contribution in [-0.2, 0) is 4.79 Å². The Morgan fingerprint density at radius 2 is 2.22 bits per heavy atom. The molecule has 2 amide bonds. The van der Waals surface area contributed by atoms with Gasteiger partial charge in [-0.05, 0) is 25.2 Å². The largest absolute Gasteiger partial charge is 0.481 e. The van der Waals surface area contributed by atoms with Gasteiger partial charge in [0.25, 0.3) is 0 Å². The molecule has 0 aromatic heterocycles. The zero-order valence-electron chi connectivity index (χ0n) is 10.7. The van der Waals surface area contributed by atoms with Crippen molar-refractivity contribution in [2.24, 2.45) is 11.8 Å². The molecule has 0 spiro atoms. The minimum absolute atomic E-state index is 0.197. The van der Waals surface area contributed by atoms with Crippen LogP contribution in [0.3, 0.4) is 0 Å². The number of carboxylic acids is 1. The van der Waals surface area contributed by atoms with E-state index in [-0.39, 0.29) is 6.03 Å². The summed E-state index contributed by atoms with van der Waals surface area (Å²) < 4.78 is 0. The Labute approximate surface area is 108 Å². The zero-order chi connectivity index (χ0) is 13.5. The first-order chi connectivity index (χ1) is 8.54. The van der Waals surface area contributed by atoms with Crippen molar-refractivity contribution in [1.29, 1.82) is 0 Å². The van der Waals surface area contributed by atoms with Crippen LogP contribution in [0.2, 0.25) is 0 Å². The number of urea groups is 1. The lowest BCUT2D eigenvalue weighted by molar-refractivity contribution is -0.141. The Morgan fingerprint density at radius 3 is 2.72 bits per heavy atom. The van der Waals surface area contributed by atoms with Gasteiger partial charge in [0.05, 0.1) is 12.5 Å². The molecule has 1 saturated carbocycles. The average Bonchev–Trinajstić information content (AvgIpc) is 3.12. The van der Waals surface area contributed by atoms with E-state index in [1.54, 1.807) is 11.8 Å². The van der Waals surface area contributed by atoms with Crippen LogP contribution in [0, 0.1) is 24.2 Å². The Morgan fingerprint density at radius 1 is 1.56 bits per heavy atom. The van der Waals surface area contributed by atoms with Gasteiger partial charge in [-0.15, -0.1) is 6.42 Å². The van der Waals surface area contributed by atoms with Gasteiger partial charge in [0.2, 0.25) is 0 Å². The predicted molar refractivity (Wildman–Crippen MR) is 67.9 cm³/mol. The van der Waals surface area contributed by atoms with E-state index in [0.717, 1.165) is 12.8 Å². The van der Waals surface area contributed by atoms with Crippen molar-refractivity contribution >= 4 is 12.0 Å². The molecule has 0 bridgehead atoms. The third-order valence-electron chi connectivity index (χ3n) is 3.02. The van der Waals surface area contributed by atoms with E-state index in [1.165, 1.54) is 0 Å². The van der Waals surface area contributed by atoms with Crippen molar-refractivity contribution < 1.29 is 14.7 Å².